The van der Waals surface area contributed by atoms with Crippen molar-refractivity contribution < 1.29 is 28.7 Å². The van der Waals surface area contributed by atoms with Gasteiger partial charge in [0.25, 0.3) is 11.8 Å². The molecule has 1 aliphatic rings. The van der Waals surface area contributed by atoms with Gasteiger partial charge in [0.05, 0.1) is 34.5 Å². The Morgan fingerprint density at radius 1 is 0.875 bits per heavy atom. The monoisotopic (exact) mass is 449 g/mol. The number of carbonyl (C=O) groups excluding carboxylic acids is 4. The first kappa shape index (κ1) is 21.3. The fourth-order valence-electron chi connectivity index (χ4n) is 3.29. The number of amides is 2. The summed E-state index contributed by atoms with van der Waals surface area (Å²) in [6.45, 7) is -0.471. The molecule has 160 valence electrons. The highest BCUT2D eigenvalue weighted by molar-refractivity contribution is 6.39. The maximum absolute atomic E-state index is 12.9. The van der Waals surface area contributed by atoms with Crippen molar-refractivity contribution in [3.05, 3.63) is 94.0 Å². The van der Waals surface area contributed by atoms with Gasteiger partial charge in [0.2, 0.25) is 0 Å². The van der Waals surface area contributed by atoms with Gasteiger partial charge in [0.1, 0.15) is 5.75 Å². The number of benzene rings is 3. The summed E-state index contributed by atoms with van der Waals surface area (Å²) >= 11 is 6.14. The fourth-order valence-corrected chi connectivity index (χ4v) is 3.51. The normalized spacial score (nSPS) is 12.5. The number of esters is 1. The molecule has 0 atom stereocenters. The number of fused-ring (bicyclic) bond motifs is 1. The number of halogens is 1. The summed E-state index contributed by atoms with van der Waals surface area (Å²) in [4.78, 5) is 51.3. The van der Waals surface area contributed by atoms with E-state index in [0.29, 0.717) is 11.3 Å². The van der Waals surface area contributed by atoms with E-state index in [1.54, 1.807) is 48.5 Å². The number of para-hydroxylation sites is 1. The van der Waals surface area contributed by atoms with Crippen molar-refractivity contribution in [2.24, 2.45) is 0 Å². The average Bonchev–Trinajstić information content (AvgIpc) is 3.07. The smallest absolute Gasteiger partial charge is 0.338 e. The van der Waals surface area contributed by atoms with Crippen LogP contribution in [0.4, 0.5) is 5.69 Å². The Balaban J connectivity index is 1.49. The predicted molar refractivity (Wildman–Crippen MR) is 117 cm³/mol. The van der Waals surface area contributed by atoms with Crippen LogP contribution in [0.3, 0.4) is 0 Å². The summed E-state index contributed by atoms with van der Waals surface area (Å²) in [6, 6.07) is 16.9. The van der Waals surface area contributed by atoms with Crippen molar-refractivity contribution >= 4 is 40.9 Å². The summed E-state index contributed by atoms with van der Waals surface area (Å²) in [5.41, 5.74) is 0.887. The largest absolute Gasteiger partial charge is 0.497 e. The summed E-state index contributed by atoms with van der Waals surface area (Å²) in [5.74, 6) is -1.71. The zero-order valence-corrected chi connectivity index (χ0v) is 17.6. The molecule has 1 heterocycles. The molecule has 0 aromatic heterocycles. The number of anilines is 1. The third-order valence-corrected chi connectivity index (χ3v) is 5.28. The van der Waals surface area contributed by atoms with Crippen molar-refractivity contribution in [2.75, 3.05) is 18.6 Å². The Bertz CT molecular complexity index is 1250. The van der Waals surface area contributed by atoms with E-state index in [1.807, 2.05) is 0 Å². The molecule has 0 radical (unpaired) electrons. The second-order valence-corrected chi connectivity index (χ2v) is 7.29. The van der Waals surface area contributed by atoms with E-state index in [1.165, 1.54) is 25.3 Å². The van der Waals surface area contributed by atoms with E-state index in [2.05, 4.69) is 0 Å². The fraction of sp³-hybridized carbons (Fsp3) is 0.0833. The molecule has 32 heavy (non-hydrogen) atoms. The molecule has 3 aromatic rings. The highest BCUT2D eigenvalue weighted by Gasteiger charge is 2.38. The molecule has 0 bridgehead atoms. The van der Waals surface area contributed by atoms with Crippen LogP contribution in [0.2, 0.25) is 5.02 Å². The molecule has 0 N–H and O–H groups in total. The van der Waals surface area contributed by atoms with E-state index in [0.717, 1.165) is 4.90 Å². The van der Waals surface area contributed by atoms with E-state index < -0.39 is 30.2 Å². The third-order valence-electron chi connectivity index (χ3n) is 4.96. The summed E-state index contributed by atoms with van der Waals surface area (Å²) in [7, 11) is 1.52. The molecular weight excluding hydrogens is 434 g/mol. The molecule has 3 aromatic carbocycles. The maximum atomic E-state index is 12.9. The number of nitrogens with zero attached hydrogens (tertiary/aromatic N) is 1. The van der Waals surface area contributed by atoms with Crippen molar-refractivity contribution in [1.29, 1.82) is 0 Å². The van der Waals surface area contributed by atoms with Gasteiger partial charge in [-0.15, -0.1) is 0 Å². The lowest BCUT2D eigenvalue weighted by Gasteiger charge is -2.15. The first-order valence-corrected chi connectivity index (χ1v) is 9.90. The van der Waals surface area contributed by atoms with Crippen LogP contribution in [0.15, 0.2) is 66.7 Å². The molecule has 0 saturated heterocycles. The molecule has 0 fully saturated rings. The standard InChI is InChI=1S/C24H16ClNO6/c1-31-16-9-6-14(7-10-16)21(27)13-32-24(30)15-8-11-17-18(12-15)23(29)26(22(17)28)20-5-3-2-4-19(20)25/h2-12H,13H2,1H3. The van der Waals surface area contributed by atoms with Gasteiger partial charge >= 0.3 is 5.97 Å². The van der Waals surface area contributed by atoms with Gasteiger partial charge in [-0.3, -0.25) is 14.4 Å². The van der Waals surface area contributed by atoms with Crippen LogP contribution < -0.4 is 9.64 Å². The number of methoxy groups -OCH3 is 1. The minimum absolute atomic E-state index is 0.0495. The SMILES string of the molecule is COc1ccc(C(=O)COC(=O)c2ccc3c(c2)C(=O)N(c2ccccc2Cl)C3=O)cc1. The quantitative estimate of drug-likeness (QED) is 0.318. The maximum Gasteiger partial charge on any atom is 0.338 e. The lowest BCUT2D eigenvalue weighted by Crippen LogP contribution is -2.29. The Morgan fingerprint density at radius 2 is 1.53 bits per heavy atom. The van der Waals surface area contributed by atoms with Crippen LogP contribution in [-0.4, -0.2) is 37.3 Å². The molecule has 0 aliphatic carbocycles. The number of hydrogen-bond acceptors (Lipinski definition) is 6. The van der Waals surface area contributed by atoms with Gasteiger partial charge in [-0.05, 0) is 54.6 Å². The second kappa shape index (κ2) is 8.64. The van der Waals surface area contributed by atoms with E-state index in [-0.39, 0.29) is 27.4 Å². The minimum atomic E-state index is -0.786. The molecule has 2 amide bonds. The second-order valence-electron chi connectivity index (χ2n) is 6.89. The van der Waals surface area contributed by atoms with Gasteiger partial charge in [0, 0.05) is 5.56 Å². The van der Waals surface area contributed by atoms with Gasteiger partial charge in [-0.25, -0.2) is 9.69 Å². The van der Waals surface area contributed by atoms with Gasteiger partial charge in [-0.1, -0.05) is 23.7 Å². The molecule has 0 spiro atoms. The summed E-state index contributed by atoms with van der Waals surface area (Å²) in [5, 5.41) is 0.249. The van der Waals surface area contributed by atoms with Crippen molar-refractivity contribution in [1.82, 2.24) is 0 Å². The predicted octanol–water partition coefficient (Wildman–Crippen LogP) is 4.19. The van der Waals surface area contributed by atoms with Crippen LogP contribution in [0.25, 0.3) is 0 Å². The Morgan fingerprint density at radius 3 is 2.22 bits per heavy atom. The number of ketones is 1. The lowest BCUT2D eigenvalue weighted by molar-refractivity contribution is 0.0474. The van der Waals surface area contributed by atoms with Crippen molar-refractivity contribution in [3.8, 4) is 5.75 Å². The first-order valence-electron chi connectivity index (χ1n) is 9.52. The number of hydrogen-bond donors (Lipinski definition) is 0. The topological polar surface area (TPSA) is 90.0 Å². The van der Waals surface area contributed by atoms with Crippen LogP contribution >= 0.6 is 11.6 Å². The average molecular weight is 450 g/mol. The lowest BCUT2D eigenvalue weighted by atomic mass is 10.1. The van der Waals surface area contributed by atoms with Gasteiger partial charge in [-0.2, -0.15) is 0 Å². The number of carbonyl (C=O) groups is 4. The van der Waals surface area contributed by atoms with E-state index in [9.17, 15) is 19.2 Å². The highest BCUT2D eigenvalue weighted by atomic mass is 35.5. The number of Topliss-reactive ketones (excluding diaryl/α,β-unsaturated/α-hetero) is 1. The van der Waals surface area contributed by atoms with Crippen molar-refractivity contribution in [2.45, 2.75) is 0 Å². The van der Waals surface area contributed by atoms with Crippen LogP contribution in [0.1, 0.15) is 41.4 Å². The molecule has 0 unspecified atom stereocenters. The Kier molecular flexibility index (Phi) is 5.75. The van der Waals surface area contributed by atoms with Crippen LogP contribution in [-0.2, 0) is 4.74 Å². The molecule has 7 nitrogen and oxygen atoms in total. The molecular formula is C24H16ClNO6. The van der Waals surface area contributed by atoms with Gasteiger partial charge in [0.15, 0.2) is 12.4 Å². The molecule has 1 aliphatic heterocycles. The number of ether oxygens (including phenoxy) is 2. The van der Waals surface area contributed by atoms with Crippen LogP contribution in [0, 0.1) is 0 Å². The van der Waals surface area contributed by atoms with E-state index in [4.69, 9.17) is 21.1 Å². The first-order chi connectivity index (χ1) is 15.4. The summed E-state index contributed by atoms with van der Waals surface area (Å²) < 4.78 is 10.1. The minimum Gasteiger partial charge on any atom is -0.497 e. The van der Waals surface area contributed by atoms with Gasteiger partial charge < -0.3 is 9.47 Å². The zero-order valence-electron chi connectivity index (χ0n) is 16.8. The van der Waals surface area contributed by atoms with E-state index >= 15 is 0 Å². The highest BCUT2D eigenvalue weighted by Crippen LogP contribution is 2.33. The molecule has 8 heteroatoms. The Hall–Kier alpha value is -3.97. The molecule has 4 rings (SSSR count). The number of imide groups is 1. The Labute approximate surface area is 188 Å². The zero-order chi connectivity index (χ0) is 22.8. The number of rotatable bonds is 6. The molecule has 0 saturated carbocycles. The summed E-state index contributed by atoms with van der Waals surface area (Å²) in [6.07, 6.45) is 0. The van der Waals surface area contributed by atoms with Crippen LogP contribution in [0.5, 0.6) is 5.75 Å². The van der Waals surface area contributed by atoms with Crippen molar-refractivity contribution in [3.63, 3.8) is 0 Å². The third kappa shape index (κ3) is 3.86.